The SMILES string of the molecule is C[C@@H]1CN(C2CCN(C(=O)c3ccccc3)CC2)CC[C@@]1(O)C1CCC1. The van der Waals surface area contributed by atoms with Crippen molar-refractivity contribution in [1.82, 2.24) is 9.80 Å². The van der Waals surface area contributed by atoms with Gasteiger partial charge >= 0.3 is 0 Å². The highest BCUT2D eigenvalue weighted by molar-refractivity contribution is 5.94. The van der Waals surface area contributed by atoms with Crippen molar-refractivity contribution < 1.29 is 9.90 Å². The molecule has 1 aromatic carbocycles. The standard InChI is InChI=1S/C22H32N2O2/c1-17-16-24(15-12-22(17,26)19-8-5-9-19)20-10-13-23(14-11-20)21(25)18-6-3-2-4-7-18/h2-4,6-7,17,19-20,26H,5,8-16H2,1H3/t17-,22+/m1/s1. The van der Waals surface area contributed by atoms with Crippen LogP contribution in [0, 0.1) is 11.8 Å². The molecule has 2 saturated heterocycles. The summed E-state index contributed by atoms with van der Waals surface area (Å²) in [7, 11) is 0. The number of nitrogens with zero attached hydrogens (tertiary/aromatic N) is 2. The molecule has 0 aromatic heterocycles. The first-order valence-electron chi connectivity index (χ1n) is 10.4. The van der Waals surface area contributed by atoms with Gasteiger partial charge in [0, 0.05) is 37.8 Å². The van der Waals surface area contributed by atoms with Gasteiger partial charge in [0.2, 0.25) is 0 Å². The second-order valence-electron chi connectivity index (χ2n) is 8.65. The molecule has 0 bridgehead atoms. The Kier molecular flexibility index (Phi) is 5.07. The molecule has 0 spiro atoms. The summed E-state index contributed by atoms with van der Waals surface area (Å²) < 4.78 is 0. The quantitative estimate of drug-likeness (QED) is 0.905. The third-order valence-electron chi connectivity index (χ3n) is 7.26. The van der Waals surface area contributed by atoms with Crippen molar-refractivity contribution in [3.63, 3.8) is 0 Å². The van der Waals surface area contributed by atoms with Gasteiger partial charge in [-0.1, -0.05) is 31.5 Å². The molecule has 4 nitrogen and oxygen atoms in total. The molecule has 2 atom stereocenters. The van der Waals surface area contributed by atoms with Crippen LogP contribution < -0.4 is 0 Å². The van der Waals surface area contributed by atoms with E-state index < -0.39 is 5.60 Å². The maximum atomic E-state index is 12.6. The summed E-state index contributed by atoms with van der Waals surface area (Å²) in [5.74, 6) is 1.05. The van der Waals surface area contributed by atoms with Gasteiger partial charge in [0.15, 0.2) is 0 Å². The number of hydrogen-bond donors (Lipinski definition) is 1. The molecule has 26 heavy (non-hydrogen) atoms. The molecule has 1 amide bonds. The highest BCUT2D eigenvalue weighted by Crippen LogP contribution is 2.45. The number of benzene rings is 1. The van der Waals surface area contributed by atoms with E-state index in [1.807, 2.05) is 35.2 Å². The number of carbonyl (C=O) groups is 1. The molecule has 2 heterocycles. The Morgan fingerprint density at radius 1 is 1.08 bits per heavy atom. The Morgan fingerprint density at radius 3 is 2.35 bits per heavy atom. The van der Waals surface area contributed by atoms with Crippen molar-refractivity contribution in [1.29, 1.82) is 0 Å². The number of hydrogen-bond acceptors (Lipinski definition) is 3. The Hall–Kier alpha value is -1.39. The highest BCUT2D eigenvalue weighted by atomic mass is 16.3. The second-order valence-corrected chi connectivity index (χ2v) is 8.65. The van der Waals surface area contributed by atoms with E-state index in [2.05, 4.69) is 11.8 Å². The van der Waals surface area contributed by atoms with Crippen LogP contribution in [0.3, 0.4) is 0 Å². The number of aliphatic hydroxyl groups is 1. The second kappa shape index (κ2) is 7.32. The summed E-state index contributed by atoms with van der Waals surface area (Å²) in [5, 5.41) is 11.1. The highest BCUT2D eigenvalue weighted by Gasteiger charge is 2.47. The van der Waals surface area contributed by atoms with Crippen molar-refractivity contribution in [2.24, 2.45) is 11.8 Å². The molecule has 0 unspecified atom stereocenters. The summed E-state index contributed by atoms with van der Waals surface area (Å²) in [6, 6.07) is 10.2. The molecule has 1 aromatic rings. The topological polar surface area (TPSA) is 43.8 Å². The van der Waals surface area contributed by atoms with Gasteiger partial charge < -0.3 is 10.0 Å². The number of rotatable bonds is 3. The van der Waals surface area contributed by atoms with Crippen molar-refractivity contribution in [2.75, 3.05) is 26.2 Å². The minimum atomic E-state index is -0.432. The van der Waals surface area contributed by atoms with Crippen molar-refractivity contribution in [3.05, 3.63) is 35.9 Å². The molecule has 1 saturated carbocycles. The number of carbonyl (C=O) groups excluding carboxylic acids is 1. The lowest BCUT2D eigenvalue weighted by molar-refractivity contribution is -0.134. The van der Waals surface area contributed by atoms with E-state index in [-0.39, 0.29) is 5.91 Å². The third kappa shape index (κ3) is 3.29. The van der Waals surface area contributed by atoms with Crippen LogP contribution in [0.25, 0.3) is 0 Å². The summed E-state index contributed by atoms with van der Waals surface area (Å²) in [6.07, 6.45) is 6.72. The zero-order valence-corrected chi connectivity index (χ0v) is 15.9. The van der Waals surface area contributed by atoms with Gasteiger partial charge in [-0.25, -0.2) is 0 Å². The van der Waals surface area contributed by atoms with Crippen LogP contribution in [0.15, 0.2) is 30.3 Å². The van der Waals surface area contributed by atoms with Crippen molar-refractivity contribution in [2.45, 2.75) is 57.1 Å². The zero-order valence-electron chi connectivity index (χ0n) is 15.9. The lowest BCUT2D eigenvalue weighted by Gasteiger charge is -2.52. The van der Waals surface area contributed by atoms with Crippen LogP contribution in [0.4, 0.5) is 0 Å². The molecular formula is C22H32N2O2. The minimum absolute atomic E-state index is 0.162. The van der Waals surface area contributed by atoms with E-state index in [0.29, 0.717) is 17.9 Å². The predicted octanol–water partition coefficient (Wildman–Crippen LogP) is 3.16. The Labute approximate surface area is 157 Å². The molecular weight excluding hydrogens is 324 g/mol. The largest absolute Gasteiger partial charge is 0.389 e. The van der Waals surface area contributed by atoms with Crippen LogP contribution in [-0.2, 0) is 0 Å². The molecule has 4 rings (SSSR count). The van der Waals surface area contributed by atoms with Gasteiger partial charge in [0.1, 0.15) is 0 Å². The monoisotopic (exact) mass is 356 g/mol. The third-order valence-corrected chi connectivity index (χ3v) is 7.26. The van der Waals surface area contributed by atoms with Crippen LogP contribution in [0.2, 0.25) is 0 Å². The van der Waals surface area contributed by atoms with E-state index in [1.165, 1.54) is 19.3 Å². The van der Waals surface area contributed by atoms with Gasteiger partial charge in [-0.3, -0.25) is 9.69 Å². The molecule has 3 fully saturated rings. The number of amides is 1. The number of piperidine rings is 2. The average molecular weight is 357 g/mol. The van der Waals surface area contributed by atoms with Crippen LogP contribution in [-0.4, -0.2) is 58.6 Å². The molecule has 1 aliphatic carbocycles. The molecule has 0 radical (unpaired) electrons. The first kappa shape index (κ1) is 18.0. The maximum Gasteiger partial charge on any atom is 0.253 e. The summed E-state index contributed by atoms with van der Waals surface area (Å²) in [4.78, 5) is 17.2. The molecule has 2 aliphatic heterocycles. The van der Waals surface area contributed by atoms with E-state index in [9.17, 15) is 9.90 Å². The predicted molar refractivity (Wildman–Crippen MR) is 103 cm³/mol. The fourth-order valence-electron chi connectivity index (χ4n) is 5.21. The minimum Gasteiger partial charge on any atom is -0.389 e. The summed E-state index contributed by atoms with van der Waals surface area (Å²) in [5.41, 5.74) is 0.363. The maximum absolute atomic E-state index is 12.6. The van der Waals surface area contributed by atoms with Gasteiger partial charge in [0.05, 0.1) is 5.60 Å². The fourth-order valence-corrected chi connectivity index (χ4v) is 5.21. The van der Waals surface area contributed by atoms with Crippen molar-refractivity contribution >= 4 is 5.91 Å². The van der Waals surface area contributed by atoms with Gasteiger partial charge in [0.25, 0.3) is 5.91 Å². The summed E-state index contributed by atoms with van der Waals surface area (Å²) in [6.45, 7) is 5.93. The molecule has 1 N–H and O–H groups in total. The summed E-state index contributed by atoms with van der Waals surface area (Å²) >= 11 is 0. The van der Waals surface area contributed by atoms with Crippen LogP contribution in [0.1, 0.15) is 55.8 Å². The first-order chi connectivity index (χ1) is 12.6. The molecule has 4 heteroatoms. The average Bonchev–Trinajstić information content (AvgIpc) is 2.63. The van der Waals surface area contributed by atoms with E-state index in [4.69, 9.17) is 0 Å². The molecule has 142 valence electrons. The molecule has 3 aliphatic rings. The van der Waals surface area contributed by atoms with Crippen molar-refractivity contribution in [3.8, 4) is 0 Å². The first-order valence-corrected chi connectivity index (χ1v) is 10.4. The zero-order chi connectivity index (χ0) is 18.1. The van der Waals surface area contributed by atoms with E-state index in [0.717, 1.165) is 51.0 Å². The lowest BCUT2D eigenvalue weighted by Crippen LogP contribution is -2.59. The van der Waals surface area contributed by atoms with Gasteiger partial charge in [-0.2, -0.15) is 0 Å². The Morgan fingerprint density at radius 2 is 1.77 bits per heavy atom. The lowest BCUT2D eigenvalue weighted by atomic mass is 9.64. The van der Waals surface area contributed by atoms with E-state index in [1.54, 1.807) is 0 Å². The normalized spacial score (nSPS) is 31.6. The fraction of sp³-hybridized carbons (Fsp3) is 0.682. The Bertz CT molecular complexity index is 622. The van der Waals surface area contributed by atoms with Crippen LogP contribution in [0.5, 0.6) is 0 Å². The van der Waals surface area contributed by atoms with E-state index >= 15 is 0 Å². The smallest absolute Gasteiger partial charge is 0.253 e. The van der Waals surface area contributed by atoms with Crippen LogP contribution >= 0.6 is 0 Å². The number of likely N-dealkylation sites (tertiary alicyclic amines) is 2. The Balaban J connectivity index is 1.31. The van der Waals surface area contributed by atoms with Gasteiger partial charge in [-0.05, 0) is 56.1 Å². The van der Waals surface area contributed by atoms with Gasteiger partial charge in [-0.15, -0.1) is 0 Å².